The molecule has 104 valence electrons. The number of aliphatic carboxylic acids is 1. The summed E-state index contributed by atoms with van der Waals surface area (Å²) in [5, 5.41) is 11.7. The van der Waals surface area contributed by atoms with E-state index in [1.165, 1.54) is 0 Å². The highest BCUT2D eigenvalue weighted by molar-refractivity contribution is 9.11. The largest absolute Gasteiger partial charge is 0.480 e. The zero-order chi connectivity index (χ0) is 14.8. The molecule has 0 radical (unpaired) electrons. The normalized spacial score (nSPS) is 12.9. The number of hydrogen-bond donors (Lipinski definition) is 2. The van der Waals surface area contributed by atoms with Gasteiger partial charge in [0.15, 0.2) is 0 Å². The van der Waals surface area contributed by atoms with Crippen LogP contribution in [0.1, 0.15) is 31.1 Å². The zero-order valence-corrected chi connectivity index (χ0v) is 14.0. The summed E-state index contributed by atoms with van der Waals surface area (Å²) in [6.45, 7) is 5.30. The average Bonchev–Trinajstić information content (AvgIpc) is 2.21. The lowest BCUT2D eigenvalue weighted by Crippen LogP contribution is -2.49. The lowest BCUT2D eigenvalue weighted by molar-refractivity contribution is -0.142. The van der Waals surface area contributed by atoms with Crippen molar-refractivity contribution in [2.24, 2.45) is 5.41 Å². The summed E-state index contributed by atoms with van der Waals surface area (Å²) >= 11 is 6.58. The first-order valence-electron chi connectivity index (χ1n) is 5.61. The standard InChI is InChI=1S/C13H15Br2NO3/c1-13(2,3)10(12(18)19)16-11(17)7-4-8(14)6-9(15)5-7/h4-6,10H,1-3H3,(H,16,17)(H,18,19). The van der Waals surface area contributed by atoms with Crippen LogP contribution in [0.15, 0.2) is 27.1 Å². The number of carbonyl (C=O) groups excluding carboxylic acids is 1. The molecule has 1 atom stereocenters. The molecular formula is C13H15Br2NO3. The van der Waals surface area contributed by atoms with Gasteiger partial charge in [-0.15, -0.1) is 0 Å². The van der Waals surface area contributed by atoms with Gasteiger partial charge >= 0.3 is 5.97 Å². The Morgan fingerprint density at radius 1 is 1.16 bits per heavy atom. The summed E-state index contributed by atoms with van der Waals surface area (Å²) in [5.74, 6) is -1.46. The van der Waals surface area contributed by atoms with Crippen molar-refractivity contribution in [2.45, 2.75) is 26.8 Å². The third-order valence-electron chi connectivity index (χ3n) is 2.51. The van der Waals surface area contributed by atoms with Gasteiger partial charge < -0.3 is 10.4 Å². The fourth-order valence-corrected chi connectivity index (χ4v) is 2.84. The molecule has 1 rings (SSSR count). The summed E-state index contributed by atoms with van der Waals surface area (Å²) < 4.78 is 1.49. The molecule has 0 fully saturated rings. The van der Waals surface area contributed by atoms with E-state index >= 15 is 0 Å². The Balaban J connectivity index is 2.97. The van der Waals surface area contributed by atoms with Crippen molar-refractivity contribution >= 4 is 43.7 Å². The number of halogens is 2. The fourth-order valence-electron chi connectivity index (χ4n) is 1.55. The van der Waals surface area contributed by atoms with Crippen molar-refractivity contribution in [3.63, 3.8) is 0 Å². The van der Waals surface area contributed by atoms with Crippen LogP contribution in [0, 0.1) is 5.41 Å². The molecule has 0 saturated heterocycles. The highest BCUT2D eigenvalue weighted by atomic mass is 79.9. The second-order valence-corrected chi connectivity index (χ2v) is 7.10. The number of hydrogen-bond acceptors (Lipinski definition) is 2. The van der Waals surface area contributed by atoms with E-state index < -0.39 is 23.3 Å². The summed E-state index contributed by atoms with van der Waals surface area (Å²) in [4.78, 5) is 23.3. The van der Waals surface area contributed by atoms with E-state index in [1.54, 1.807) is 39.0 Å². The van der Waals surface area contributed by atoms with Gasteiger partial charge in [0.05, 0.1) is 0 Å². The predicted octanol–water partition coefficient (Wildman–Crippen LogP) is 3.44. The maximum absolute atomic E-state index is 12.1. The van der Waals surface area contributed by atoms with Gasteiger partial charge in [0.1, 0.15) is 6.04 Å². The van der Waals surface area contributed by atoms with E-state index in [0.717, 1.165) is 8.95 Å². The maximum Gasteiger partial charge on any atom is 0.326 e. The Kier molecular flexibility index (Phi) is 5.15. The van der Waals surface area contributed by atoms with E-state index in [-0.39, 0.29) is 0 Å². The number of carboxylic acid groups (broad SMARTS) is 1. The van der Waals surface area contributed by atoms with Crippen LogP contribution in [0.25, 0.3) is 0 Å². The Hall–Kier alpha value is -0.880. The van der Waals surface area contributed by atoms with E-state index in [9.17, 15) is 14.7 Å². The van der Waals surface area contributed by atoms with Crippen LogP contribution in [0.3, 0.4) is 0 Å². The molecule has 0 aliphatic carbocycles. The van der Waals surface area contributed by atoms with Gasteiger partial charge in [0.2, 0.25) is 0 Å². The Labute approximate surface area is 128 Å². The number of rotatable bonds is 3. The summed E-state index contributed by atoms with van der Waals surface area (Å²) in [6.07, 6.45) is 0. The molecule has 0 heterocycles. The first-order valence-corrected chi connectivity index (χ1v) is 7.19. The molecule has 0 bridgehead atoms. The summed E-state index contributed by atoms with van der Waals surface area (Å²) in [6, 6.07) is 4.14. The third-order valence-corrected chi connectivity index (χ3v) is 3.43. The molecule has 19 heavy (non-hydrogen) atoms. The van der Waals surface area contributed by atoms with Gasteiger partial charge in [-0.1, -0.05) is 52.6 Å². The molecule has 0 spiro atoms. The number of nitrogens with one attached hydrogen (secondary N) is 1. The number of amides is 1. The van der Waals surface area contributed by atoms with Crippen molar-refractivity contribution in [1.82, 2.24) is 5.32 Å². The first kappa shape index (κ1) is 16.2. The summed E-state index contributed by atoms with van der Waals surface area (Å²) in [7, 11) is 0. The van der Waals surface area contributed by atoms with Crippen molar-refractivity contribution in [2.75, 3.05) is 0 Å². The lowest BCUT2D eigenvalue weighted by atomic mass is 9.86. The van der Waals surface area contributed by atoms with Gasteiger partial charge in [0.25, 0.3) is 5.91 Å². The molecule has 2 N–H and O–H groups in total. The number of benzene rings is 1. The van der Waals surface area contributed by atoms with Gasteiger partial charge in [-0.05, 0) is 23.6 Å². The number of carboxylic acids is 1. The van der Waals surface area contributed by atoms with Crippen molar-refractivity contribution in [3.05, 3.63) is 32.7 Å². The van der Waals surface area contributed by atoms with E-state index in [4.69, 9.17) is 0 Å². The monoisotopic (exact) mass is 391 g/mol. The van der Waals surface area contributed by atoms with Gasteiger partial charge in [0, 0.05) is 14.5 Å². The molecule has 4 nitrogen and oxygen atoms in total. The first-order chi connectivity index (χ1) is 8.61. The molecule has 0 aliphatic rings. The van der Waals surface area contributed by atoms with Crippen molar-refractivity contribution < 1.29 is 14.7 Å². The average molecular weight is 393 g/mol. The number of carbonyl (C=O) groups is 2. The zero-order valence-electron chi connectivity index (χ0n) is 10.8. The molecular weight excluding hydrogens is 378 g/mol. The minimum atomic E-state index is -1.05. The van der Waals surface area contributed by atoms with Gasteiger partial charge in [-0.25, -0.2) is 4.79 Å². The molecule has 0 aliphatic heterocycles. The van der Waals surface area contributed by atoms with Crippen LogP contribution < -0.4 is 5.32 Å². The van der Waals surface area contributed by atoms with E-state index in [2.05, 4.69) is 37.2 Å². The highest BCUT2D eigenvalue weighted by Gasteiger charge is 2.32. The molecule has 1 amide bonds. The highest BCUT2D eigenvalue weighted by Crippen LogP contribution is 2.22. The van der Waals surface area contributed by atoms with Crippen LogP contribution in [0.4, 0.5) is 0 Å². The third kappa shape index (κ3) is 4.62. The van der Waals surface area contributed by atoms with Gasteiger partial charge in [-0.3, -0.25) is 4.79 Å². The molecule has 0 saturated carbocycles. The van der Waals surface area contributed by atoms with Crippen LogP contribution in [0.5, 0.6) is 0 Å². The second-order valence-electron chi connectivity index (χ2n) is 5.27. The van der Waals surface area contributed by atoms with E-state index in [1.807, 2.05) is 0 Å². The second kappa shape index (κ2) is 6.05. The Morgan fingerprint density at radius 2 is 1.63 bits per heavy atom. The van der Waals surface area contributed by atoms with Crippen molar-refractivity contribution in [3.8, 4) is 0 Å². The van der Waals surface area contributed by atoms with Gasteiger partial charge in [-0.2, -0.15) is 0 Å². The Morgan fingerprint density at radius 3 is 2.00 bits per heavy atom. The predicted molar refractivity (Wildman–Crippen MR) is 80.2 cm³/mol. The van der Waals surface area contributed by atoms with Crippen molar-refractivity contribution in [1.29, 1.82) is 0 Å². The molecule has 0 aromatic heterocycles. The minimum Gasteiger partial charge on any atom is -0.480 e. The minimum absolute atomic E-state index is 0.400. The molecule has 6 heteroatoms. The SMILES string of the molecule is CC(C)(C)C(NC(=O)c1cc(Br)cc(Br)c1)C(=O)O. The lowest BCUT2D eigenvalue weighted by Gasteiger charge is -2.27. The Bertz CT molecular complexity index is 489. The molecule has 1 aromatic carbocycles. The topological polar surface area (TPSA) is 66.4 Å². The molecule has 1 unspecified atom stereocenters. The van der Waals surface area contributed by atoms with Crippen LogP contribution in [0.2, 0.25) is 0 Å². The van der Waals surface area contributed by atoms with E-state index in [0.29, 0.717) is 5.56 Å². The molecule has 1 aromatic rings. The van der Waals surface area contributed by atoms with Crippen LogP contribution >= 0.6 is 31.9 Å². The fraction of sp³-hybridized carbons (Fsp3) is 0.385. The summed E-state index contributed by atoms with van der Waals surface area (Å²) in [5.41, 5.74) is -0.165. The van der Waals surface area contributed by atoms with Crippen LogP contribution in [-0.4, -0.2) is 23.0 Å². The smallest absolute Gasteiger partial charge is 0.326 e. The maximum atomic E-state index is 12.1. The van der Waals surface area contributed by atoms with Crippen LogP contribution in [-0.2, 0) is 4.79 Å². The quantitative estimate of drug-likeness (QED) is 0.827.